The topological polar surface area (TPSA) is 55.3 Å². The van der Waals surface area contributed by atoms with Gasteiger partial charge >= 0.3 is 0 Å². The number of hydrogen-bond acceptors (Lipinski definition) is 4. The van der Waals surface area contributed by atoms with Crippen molar-refractivity contribution in [2.75, 3.05) is 18.0 Å². The summed E-state index contributed by atoms with van der Waals surface area (Å²) in [5.74, 6) is 0. The van der Waals surface area contributed by atoms with Gasteiger partial charge in [-0.15, -0.1) is 0 Å². The molecule has 0 aliphatic carbocycles. The van der Waals surface area contributed by atoms with E-state index in [9.17, 15) is 0 Å². The van der Waals surface area contributed by atoms with Crippen LogP contribution in [0.15, 0.2) is 52.9 Å². The number of rotatable bonds is 2. The van der Waals surface area contributed by atoms with Crippen LogP contribution in [0.4, 0.5) is 6.01 Å². The second-order valence-electron chi connectivity index (χ2n) is 5.36. The van der Waals surface area contributed by atoms with Crippen LogP contribution in [0.1, 0.15) is 17.2 Å². The standard InChI is InChI=1S/C17H17N3O/c18-11-15-13-6-2-1-5-12(13)9-10-20(15)17-19-14-7-3-4-8-16(14)21-17/h1-8,15H,9-11,18H2. The van der Waals surface area contributed by atoms with E-state index in [0.29, 0.717) is 12.6 Å². The molecule has 1 unspecified atom stereocenters. The molecule has 0 bridgehead atoms. The minimum atomic E-state index is 0.128. The Balaban J connectivity index is 1.78. The van der Waals surface area contributed by atoms with E-state index in [1.165, 1.54) is 11.1 Å². The minimum Gasteiger partial charge on any atom is -0.423 e. The van der Waals surface area contributed by atoms with Gasteiger partial charge in [0.25, 0.3) is 6.01 Å². The van der Waals surface area contributed by atoms with Crippen molar-refractivity contribution in [3.8, 4) is 0 Å². The van der Waals surface area contributed by atoms with Crippen molar-refractivity contribution in [1.82, 2.24) is 4.98 Å². The van der Waals surface area contributed by atoms with Gasteiger partial charge in [-0.2, -0.15) is 4.98 Å². The second-order valence-corrected chi connectivity index (χ2v) is 5.36. The van der Waals surface area contributed by atoms with Gasteiger partial charge in [0.05, 0.1) is 6.04 Å². The summed E-state index contributed by atoms with van der Waals surface area (Å²) in [5.41, 5.74) is 10.4. The molecule has 21 heavy (non-hydrogen) atoms. The first-order valence-electron chi connectivity index (χ1n) is 7.27. The van der Waals surface area contributed by atoms with Crippen molar-refractivity contribution in [2.45, 2.75) is 12.5 Å². The SMILES string of the molecule is NCC1c2ccccc2CCN1c1nc2ccccc2o1. The summed E-state index contributed by atoms with van der Waals surface area (Å²) >= 11 is 0. The van der Waals surface area contributed by atoms with Gasteiger partial charge in [-0.3, -0.25) is 0 Å². The first kappa shape index (κ1) is 12.4. The molecule has 1 aromatic heterocycles. The number of nitrogens with zero attached hydrogens (tertiary/aromatic N) is 2. The molecule has 2 heterocycles. The normalized spacial score (nSPS) is 18.0. The van der Waals surface area contributed by atoms with Crippen LogP contribution in [0.25, 0.3) is 11.1 Å². The lowest BCUT2D eigenvalue weighted by molar-refractivity contribution is 0.503. The number of fused-ring (bicyclic) bond motifs is 2. The van der Waals surface area contributed by atoms with Gasteiger partial charge in [0, 0.05) is 13.1 Å². The molecule has 4 heteroatoms. The van der Waals surface area contributed by atoms with Crippen LogP contribution in [0.5, 0.6) is 0 Å². The first-order chi connectivity index (χ1) is 10.4. The lowest BCUT2D eigenvalue weighted by atomic mass is 9.93. The first-order valence-corrected chi connectivity index (χ1v) is 7.27. The fourth-order valence-electron chi connectivity index (χ4n) is 3.12. The number of anilines is 1. The zero-order chi connectivity index (χ0) is 14.2. The van der Waals surface area contributed by atoms with Crippen molar-refractivity contribution in [1.29, 1.82) is 0 Å². The Morgan fingerprint density at radius 1 is 1.14 bits per heavy atom. The van der Waals surface area contributed by atoms with Crippen molar-refractivity contribution in [3.63, 3.8) is 0 Å². The molecule has 0 spiro atoms. The van der Waals surface area contributed by atoms with E-state index >= 15 is 0 Å². The highest BCUT2D eigenvalue weighted by Gasteiger charge is 2.29. The van der Waals surface area contributed by atoms with E-state index in [-0.39, 0.29) is 6.04 Å². The molecule has 1 atom stereocenters. The predicted molar refractivity (Wildman–Crippen MR) is 83.3 cm³/mol. The maximum absolute atomic E-state index is 6.03. The Labute approximate surface area is 123 Å². The predicted octanol–water partition coefficient (Wildman–Crippen LogP) is 2.89. The zero-order valence-corrected chi connectivity index (χ0v) is 11.7. The fourth-order valence-corrected chi connectivity index (χ4v) is 3.12. The van der Waals surface area contributed by atoms with Gasteiger partial charge in [-0.05, 0) is 29.7 Å². The number of nitrogens with two attached hydrogens (primary N) is 1. The van der Waals surface area contributed by atoms with Crippen LogP contribution in [0, 0.1) is 0 Å². The van der Waals surface area contributed by atoms with Gasteiger partial charge < -0.3 is 15.1 Å². The van der Waals surface area contributed by atoms with Crippen molar-refractivity contribution in [3.05, 3.63) is 59.7 Å². The van der Waals surface area contributed by atoms with Gasteiger partial charge in [-0.25, -0.2) is 0 Å². The molecule has 106 valence electrons. The fraction of sp³-hybridized carbons (Fsp3) is 0.235. The molecule has 4 rings (SSSR count). The van der Waals surface area contributed by atoms with Crippen LogP contribution in [0.2, 0.25) is 0 Å². The third-order valence-electron chi connectivity index (χ3n) is 4.16. The third-order valence-corrected chi connectivity index (χ3v) is 4.16. The number of aromatic nitrogens is 1. The summed E-state index contributed by atoms with van der Waals surface area (Å²) in [4.78, 5) is 6.79. The summed E-state index contributed by atoms with van der Waals surface area (Å²) < 4.78 is 5.91. The molecule has 2 aromatic carbocycles. The molecule has 0 saturated heterocycles. The Bertz CT molecular complexity index is 747. The summed E-state index contributed by atoms with van der Waals surface area (Å²) in [6.45, 7) is 1.43. The largest absolute Gasteiger partial charge is 0.423 e. The van der Waals surface area contributed by atoms with E-state index in [1.807, 2.05) is 24.3 Å². The van der Waals surface area contributed by atoms with Crippen molar-refractivity contribution < 1.29 is 4.42 Å². The number of oxazole rings is 1. The number of benzene rings is 2. The highest BCUT2D eigenvalue weighted by molar-refractivity contribution is 5.74. The molecule has 2 N–H and O–H groups in total. The molecule has 3 aromatic rings. The van der Waals surface area contributed by atoms with Crippen LogP contribution < -0.4 is 10.6 Å². The average Bonchev–Trinajstić information content (AvgIpc) is 2.97. The Morgan fingerprint density at radius 3 is 2.81 bits per heavy atom. The highest BCUT2D eigenvalue weighted by Crippen LogP contribution is 2.34. The molecule has 0 fully saturated rings. The molecule has 0 saturated carbocycles. The van der Waals surface area contributed by atoms with Crippen LogP contribution >= 0.6 is 0 Å². The molecular weight excluding hydrogens is 262 g/mol. The lowest BCUT2D eigenvalue weighted by Gasteiger charge is -2.35. The van der Waals surface area contributed by atoms with E-state index in [4.69, 9.17) is 10.2 Å². The average molecular weight is 279 g/mol. The maximum Gasteiger partial charge on any atom is 0.298 e. The summed E-state index contributed by atoms with van der Waals surface area (Å²) in [5, 5.41) is 0. The third kappa shape index (κ3) is 1.99. The molecule has 0 amide bonds. The monoisotopic (exact) mass is 279 g/mol. The van der Waals surface area contributed by atoms with Crippen LogP contribution in [-0.2, 0) is 6.42 Å². The smallest absolute Gasteiger partial charge is 0.298 e. The quantitative estimate of drug-likeness (QED) is 0.783. The number of hydrogen-bond donors (Lipinski definition) is 1. The van der Waals surface area contributed by atoms with E-state index in [1.54, 1.807) is 0 Å². The lowest BCUT2D eigenvalue weighted by Crippen LogP contribution is -2.39. The van der Waals surface area contributed by atoms with Crippen LogP contribution in [-0.4, -0.2) is 18.1 Å². The second kappa shape index (κ2) is 4.90. The Hall–Kier alpha value is -2.33. The summed E-state index contributed by atoms with van der Waals surface area (Å²) in [7, 11) is 0. The summed E-state index contributed by atoms with van der Waals surface area (Å²) in [6, 6.07) is 17.1. The maximum atomic E-state index is 6.03. The molecule has 0 radical (unpaired) electrons. The van der Waals surface area contributed by atoms with Gasteiger partial charge in [0.1, 0.15) is 5.52 Å². The zero-order valence-electron chi connectivity index (χ0n) is 11.7. The summed E-state index contributed by atoms with van der Waals surface area (Å²) in [6.07, 6.45) is 0.991. The van der Waals surface area contributed by atoms with E-state index in [0.717, 1.165) is 24.1 Å². The molecule has 4 nitrogen and oxygen atoms in total. The molecular formula is C17H17N3O. The molecule has 1 aliphatic rings. The Kier molecular flexibility index (Phi) is 2.89. The van der Waals surface area contributed by atoms with Crippen molar-refractivity contribution >= 4 is 17.1 Å². The van der Waals surface area contributed by atoms with Gasteiger partial charge in [0.2, 0.25) is 0 Å². The van der Waals surface area contributed by atoms with Crippen molar-refractivity contribution in [2.24, 2.45) is 5.73 Å². The van der Waals surface area contributed by atoms with E-state index in [2.05, 4.69) is 34.1 Å². The molecule has 1 aliphatic heterocycles. The van der Waals surface area contributed by atoms with Crippen LogP contribution in [0.3, 0.4) is 0 Å². The Morgan fingerprint density at radius 2 is 1.95 bits per heavy atom. The van der Waals surface area contributed by atoms with Gasteiger partial charge in [-0.1, -0.05) is 36.4 Å². The van der Waals surface area contributed by atoms with E-state index < -0.39 is 0 Å². The minimum absolute atomic E-state index is 0.128. The number of para-hydroxylation sites is 2. The highest BCUT2D eigenvalue weighted by atomic mass is 16.4. The van der Waals surface area contributed by atoms with Gasteiger partial charge in [0.15, 0.2) is 5.58 Å².